The molecule has 0 unspecified atom stereocenters. The second-order valence-corrected chi connectivity index (χ2v) is 8.39. The summed E-state index contributed by atoms with van der Waals surface area (Å²) in [5, 5.41) is 18.4. The first-order valence-electron chi connectivity index (χ1n) is 11.0. The molecular formula is C23H29FN4O4. The zero-order valence-electron chi connectivity index (χ0n) is 17.9. The maximum atomic E-state index is 13.0. The van der Waals surface area contributed by atoms with Crippen molar-refractivity contribution in [2.45, 2.75) is 57.1 Å². The van der Waals surface area contributed by atoms with E-state index >= 15 is 0 Å². The Hall–Kier alpha value is -2.75. The molecule has 1 aromatic heterocycles. The van der Waals surface area contributed by atoms with Crippen LogP contribution in [-0.2, 0) is 29.3 Å². The molecule has 2 aliphatic rings. The van der Waals surface area contributed by atoms with Gasteiger partial charge in [0.1, 0.15) is 23.9 Å². The molecule has 2 aliphatic heterocycles. The van der Waals surface area contributed by atoms with E-state index in [0.29, 0.717) is 44.7 Å². The van der Waals surface area contributed by atoms with Crippen molar-refractivity contribution < 1.29 is 23.5 Å². The second-order valence-electron chi connectivity index (χ2n) is 8.39. The normalized spacial score (nSPS) is 23.1. The summed E-state index contributed by atoms with van der Waals surface area (Å²) in [5.74, 6) is 0.952. The number of nitrogens with zero attached hydrogens (tertiary/aromatic N) is 1. The van der Waals surface area contributed by atoms with Gasteiger partial charge in [-0.05, 0) is 42.7 Å². The number of furan rings is 1. The van der Waals surface area contributed by atoms with E-state index in [4.69, 9.17) is 9.52 Å². The molecule has 0 radical (unpaired) electrons. The van der Waals surface area contributed by atoms with Crippen LogP contribution in [0.4, 0.5) is 4.39 Å². The molecule has 0 spiro atoms. The molecular weight excluding hydrogens is 415 g/mol. The standard InChI is InChI=1S/C23H29FN4O4/c24-16-3-1-15(2-4-16)10-26-22(30)8-5-18-11-27-23(31)21-9-17(13-28(18)21)25-12-19-6-7-20(14-29)32-19/h1-4,6-7,17-18,21,25,29H,5,8-14H2,(H,26,30)(H,27,31)/t17-,18-,21+/m0/s1. The quantitative estimate of drug-likeness (QED) is 0.461. The third-order valence-electron chi connectivity index (χ3n) is 6.17. The number of rotatable bonds is 9. The topological polar surface area (TPSA) is 107 Å². The molecule has 2 saturated heterocycles. The van der Waals surface area contributed by atoms with Gasteiger partial charge in [0.15, 0.2) is 0 Å². The smallest absolute Gasteiger partial charge is 0.237 e. The van der Waals surface area contributed by atoms with E-state index in [1.54, 1.807) is 18.2 Å². The van der Waals surface area contributed by atoms with E-state index in [0.717, 1.165) is 17.9 Å². The number of nitrogens with one attached hydrogen (secondary N) is 3. The van der Waals surface area contributed by atoms with Gasteiger partial charge in [0.2, 0.25) is 11.8 Å². The second kappa shape index (κ2) is 10.2. The van der Waals surface area contributed by atoms with Gasteiger partial charge in [-0.25, -0.2) is 4.39 Å². The number of benzene rings is 1. The molecule has 3 heterocycles. The highest BCUT2D eigenvalue weighted by Gasteiger charge is 2.43. The molecule has 0 bridgehead atoms. The Kier molecular flexibility index (Phi) is 7.19. The summed E-state index contributed by atoms with van der Waals surface area (Å²) < 4.78 is 18.5. The van der Waals surface area contributed by atoms with Crippen LogP contribution >= 0.6 is 0 Å². The lowest BCUT2D eigenvalue weighted by Gasteiger charge is -2.37. The van der Waals surface area contributed by atoms with Crippen molar-refractivity contribution in [3.63, 3.8) is 0 Å². The number of piperazine rings is 1. The first-order valence-corrected chi connectivity index (χ1v) is 11.0. The molecule has 172 valence electrons. The van der Waals surface area contributed by atoms with Gasteiger partial charge < -0.3 is 25.5 Å². The third-order valence-corrected chi connectivity index (χ3v) is 6.17. The van der Waals surface area contributed by atoms with Crippen LogP contribution in [0.15, 0.2) is 40.8 Å². The molecule has 2 fully saturated rings. The van der Waals surface area contributed by atoms with Crippen LogP contribution in [0.25, 0.3) is 0 Å². The van der Waals surface area contributed by atoms with E-state index in [-0.39, 0.29) is 42.4 Å². The zero-order chi connectivity index (χ0) is 22.5. The van der Waals surface area contributed by atoms with Crippen molar-refractivity contribution in [2.75, 3.05) is 13.1 Å². The molecule has 0 saturated carbocycles. The molecule has 4 N–H and O–H groups in total. The third kappa shape index (κ3) is 5.53. The number of amides is 2. The number of hydrogen-bond acceptors (Lipinski definition) is 6. The minimum atomic E-state index is -0.300. The van der Waals surface area contributed by atoms with Gasteiger partial charge in [0.25, 0.3) is 0 Å². The van der Waals surface area contributed by atoms with Crippen molar-refractivity contribution >= 4 is 11.8 Å². The highest BCUT2D eigenvalue weighted by Crippen LogP contribution is 2.26. The number of fused-ring (bicyclic) bond motifs is 1. The average Bonchev–Trinajstić information content (AvgIpc) is 3.44. The number of aliphatic hydroxyl groups is 1. The number of halogens is 1. The van der Waals surface area contributed by atoms with Gasteiger partial charge >= 0.3 is 0 Å². The largest absolute Gasteiger partial charge is 0.462 e. The minimum absolute atomic E-state index is 0.0341. The van der Waals surface area contributed by atoms with Crippen LogP contribution in [0.1, 0.15) is 36.3 Å². The Morgan fingerprint density at radius 1 is 1.19 bits per heavy atom. The lowest BCUT2D eigenvalue weighted by Crippen LogP contribution is -2.58. The van der Waals surface area contributed by atoms with Gasteiger partial charge in [-0.15, -0.1) is 0 Å². The summed E-state index contributed by atoms with van der Waals surface area (Å²) >= 11 is 0. The molecule has 1 aromatic carbocycles. The predicted molar refractivity (Wildman–Crippen MR) is 115 cm³/mol. The summed E-state index contributed by atoms with van der Waals surface area (Å²) in [4.78, 5) is 26.9. The Morgan fingerprint density at radius 3 is 2.72 bits per heavy atom. The van der Waals surface area contributed by atoms with Crippen LogP contribution in [0, 0.1) is 5.82 Å². The van der Waals surface area contributed by atoms with Gasteiger partial charge in [-0.3, -0.25) is 14.5 Å². The highest BCUT2D eigenvalue weighted by atomic mass is 19.1. The molecule has 9 heteroatoms. The Labute approximate surface area is 186 Å². The summed E-state index contributed by atoms with van der Waals surface area (Å²) in [6.07, 6.45) is 1.71. The fourth-order valence-corrected chi connectivity index (χ4v) is 4.43. The van der Waals surface area contributed by atoms with Crippen LogP contribution < -0.4 is 16.0 Å². The van der Waals surface area contributed by atoms with Gasteiger partial charge in [0.05, 0.1) is 12.6 Å². The molecule has 3 atom stereocenters. The maximum Gasteiger partial charge on any atom is 0.237 e. The summed E-state index contributed by atoms with van der Waals surface area (Å²) in [6.45, 7) is 2.03. The van der Waals surface area contributed by atoms with Gasteiger partial charge in [0, 0.05) is 38.1 Å². The molecule has 2 amide bonds. The highest BCUT2D eigenvalue weighted by molar-refractivity contribution is 5.83. The van der Waals surface area contributed by atoms with Crippen molar-refractivity contribution in [3.8, 4) is 0 Å². The summed E-state index contributed by atoms with van der Waals surface area (Å²) in [7, 11) is 0. The number of aliphatic hydroxyl groups excluding tert-OH is 1. The molecule has 4 rings (SSSR count). The Bertz CT molecular complexity index is 932. The maximum absolute atomic E-state index is 13.0. The SMILES string of the molecule is O=C(CC[C@H]1CNC(=O)[C@H]2C[C@H](NCc3ccc(CO)o3)CN12)NCc1ccc(F)cc1. The minimum Gasteiger partial charge on any atom is -0.462 e. The molecule has 2 aromatic rings. The van der Waals surface area contributed by atoms with Gasteiger partial charge in [-0.2, -0.15) is 0 Å². The Balaban J connectivity index is 1.24. The van der Waals surface area contributed by atoms with Crippen molar-refractivity contribution in [3.05, 3.63) is 59.3 Å². The predicted octanol–water partition coefficient (Wildman–Crippen LogP) is 1.04. The lowest BCUT2D eigenvalue weighted by atomic mass is 10.0. The molecule has 0 aliphatic carbocycles. The van der Waals surface area contributed by atoms with Gasteiger partial charge in [-0.1, -0.05) is 12.1 Å². The first-order chi connectivity index (χ1) is 15.5. The van der Waals surface area contributed by atoms with Crippen LogP contribution in [0.5, 0.6) is 0 Å². The molecule has 32 heavy (non-hydrogen) atoms. The first kappa shape index (κ1) is 22.4. The van der Waals surface area contributed by atoms with E-state index in [1.165, 1.54) is 12.1 Å². The summed E-state index contributed by atoms with van der Waals surface area (Å²) in [5.41, 5.74) is 0.848. The monoisotopic (exact) mass is 444 g/mol. The van der Waals surface area contributed by atoms with E-state index in [2.05, 4.69) is 20.9 Å². The van der Waals surface area contributed by atoms with Crippen LogP contribution in [0.3, 0.4) is 0 Å². The molecule has 8 nitrogen and oxygen atoms in total. The number of hydrogen-bond donors (Lipinski definition) is 4. The van der Waals surface area contributed by atoms with E-state index in [1.807, 2.05) is 6.07 Å². The van der Waals surface area contributed by atoms with Crippen LogP contribution in [0.2, 0.25) is 0 Å². The number of carbonyl (C=O) groups excluding carboxylic acids is 2. The Morgan fingerprint density at radius 2 is 1.97 bits per heavy atom. The van der Waals surface area contributed by atoms with Crippen molar-refractivity contribution in [1.29, 1.82) is 0 Å². The fourth-order valence-electron chi connectivity index (χ4n) is 4.43. The number of carbonyl (C=O) groups is 2. The van der Waals surface area contributed by atoms with Crippen molar-refractivity contribution in [2.24, 2.45) is 0 Å². The average molecular weight is 445 g/mol. The van der Waals surface area contributed by atoms with E-state index < -0.39 is 0 Å². The van der Waals surface area contributed by atoms with Crippen LogP contribution in [-0.4, -0.2) is 53.0 Å². The van der Waals surface area contributed by atoms with Crippen molar-refractivity contribution in [1.82, 2.24) is 20.9 Å². The zero-order valence-corrected chi connectivity index (χ0v) is 17.9. The van der Waals surface area contributed by atoms with E-state index in [9.17, 15) is 14.0 Å². The lowest BCUT2D eigenvalue weighted by molar-refractivity contribution is -0.129. The fraction of sp³-hybridized carbons (Fsp3) is 0.478. The summed E-state index contributed by atoms with van der Waals surface area (Å²) in [6, 6.07) is 9.69.